The average molecular weight is 383 g/mol. The Hall–Kier alpha value is -1.72. The minimum atomic E-state index is -0.569. The van der Waals surface area contributed by atoms with Crippen LogP contribution in [0.15, 0.2) is 60.7 Å². The minimum Gasteiger partial charge on any atom is -0.353 e. The predicted molar refractivity (Wildman–Crippen MR) is 108 cm³/mol. The molecular formula is C24H30O4. The lowest BCUT2D eigenvalue weighted by molar-refractivity contribution is -0.253. The Bertz CT molecular complexity index is 684. The maximum absolute atomic E-state index is 6.41. The summed E-state index contributed by atoms with van der Waals surface area (Å²) < 4.78 is 24.6. The van der Waals surface area contributed by atoms with E-state index in [1.54, 1.807) is 14.2 Å². The third-order valence-electron chi connectivity index (χ3n) is 6.26. The molecule has 2 aliphatic rings. The van der Waals surface area contributed by atoms with Crippen molar-refractivity contribution >= 4 is 0 Å². The number of hydrogen-bond donors (Lipinski definition) is 0. The normalized spacial score (nSPS) is 32.6. The van der Waals surface area contributed by atoms with Crippen LogP contribution in [0.1, 0.15) is 61.9 Å². The van der Waals surface area contributed by atoms with Gasteiger partial charge < -0.3 is 18.9 Å². The molecule has 4 nitrogen and oxygen atoms in total. The number of methoxy groups -OCH3 is 2. The summed E-state index contributed by atoms with van der Waals surface area (Å²) in [7, 11) is 3.49. The Morgan fingerprint density at radius 3 is 1.46 bits per heavy atom. The number of ether oxygens (including phenoxy) is 4. The molecule has 0 aromatic heterocycles. The Morgan fingerprint density at radius 2 is 1.11 bits per heavy atom. The fraction of sp³-hybridized carbons (Fsp3) is 0.500. The van der Waals surface area contributed by atoms with Gasteiger partial charge in [-0.25, -0.2) is 0 Å². The van der Waals surface area contributed by atoms with Gasteiger partial charge >= 0.3 is 0 Å². The highest BCUT2D eigenvalue weighted by molar-refractivity contribution is 5.19. The molecule has 0 unspecified atom stereocenters. The molecule has 28 heavy (non-hydrogen) atoms. The van der Waals surface area contributed by atoms with Gasteiger partial charge in [0.25, 0.3) is 0 Å². The highest BCUT2D eigenvalue weighted by Gasteiger charge is 2.46. The summed E-state index contributed by atoms with van der Waals surface area (Å²) in [6, 6.07) is 20.8. The van der Waals surface area contributed by atoms with E-state index in [-0.39, 0.29) is 12.2 Å². The predicted octanol–water partition coefficient (Wildman–Crippen LogP) is 5.56. The van der Waals surface area contributed by atoms with Crippen LogP contribution >= 0.6 is 0 Å². The molecule has 2 aliphatic heterocycles. The van der Waals surface area contributed by atoms with E-state index < -0.39 is 11.6 Å². The molecule has 0 bridgehead atoms. The molecule has 150 valence electrons. The van der Waals surface area contributed by atoms with E-state index in [1.165, 1.54) is 11.1 Å². The Kier molecular flexibility index (Phi) is 5.83. The molecule has 0 aliphatic carbocycles. The standard InChI is InChI=1S/C24H30O4/c1-25-23(15-13-21(27-23)19-9-5-3-6-10-19)17-18-24(26-2)16-14-22(28-24)20-11-7-4-8-12-20/h3-12,21-22H,13-18H2,1-2H3/t21-,22+,23+,24-. The van der Waals surface area contributed by atoms with Crippen LogP contribution in [0.3, 0.4) is 0 Å². The first kappa shape index (κ1) is 19.6. The molecule has 0 saturated carbocycles. The summed E-state index contributed by atoms with van der Waals surface area (Å²) in [5.41, 5.74) is 2.42. The van der Waals surface area contributed by atoms with Gasteiger partial charge in [-0.3, -0.25) is 0 Å². The van der Waals surface area contributed by atoms with Gasteiger partial charge in [-0.05, 0) is 24.0 Å². The van der Waals surface area contributed by atoms with Crippen molar-refractivity contribution in [3.63, 3.8) is 0 Å². The second-order valence-corrected chi connectivity index (χ2v) is 7.84. The van der Waals surface area contributed by atoms with Crippen LogP contribution < -0.4 is 0 Å². The zero-order chi connectivity index (χ0) is 19.5. The topological polar surface area (TPSA) is 36.9 Å². The van der Waals surface area contributed by atoms with Crippen molar-refractivity contribution < 1.29 is 18.9 Å². The van der Waals surface area contributed by atoms with E-state index in [2.05, 4.69) is 48.5 Å². The van der Waals surface area contributed by atoms with Crippen molar-refractivity contribution in [3.8, 4) is 0 Å². The van der Waals surface area contributed by atoms with Gasteiger partial charge in [0.1, 0.15) is 0 Å². The van der Waals surface area contributed by atoms with Crippen molar-refractivity contribution in [2.45, 2.75) is 62.3 Å². The van der Waals surface area contributed by atoms with Gasteiger partial charge in [0.15, 0.2) is 11.6 Å². The molecule has 4 rings (SSSR count). The summed E-state index contributed by atoms with van der Waals surface area (Å²) in [5.74, 6) is -1.14. The van der Waals surface area contributed by atoms with Crippen LogP contribution in [0, 0.1) is 0 Å². The molecular weight excluding hydrogens is 352 g/mol. The van der Waals surface area contributed by atoms with Crippen molar-refractivity contribution in [2.24, 2.45) is 0 Å². The highest BCUT2D eigenvalue weighted by atomic mass is 16.7. The second kappa shape index (κ2) is 8.34. The largest absolute Gasteiger partial charge is 0.353 e. The van der Waals surface area contributed by atoms with Crippen molar-refractivity contribution in [3.05, 3.63) is 71.8 Å². The molecule has 0 amide bonds. The van der Waals surface area contributed by atoms with Crippen LogP contribution in [-0.4, -0.2) is 25.8 Å². The number of benzene rings is 2. The summed E-state index contributed by atoms with van der Waals surface area (Å²) in [6.07, 6.45) is 5.36. The smallest absolute Gasteiger partial charge is 0.169 e. The SMILES string of the molecule is CO[C@]1(CC[C@]2(OC)CC[C@H](c3ccccc3)O2)CC[C@@H](c2ccccc2)O1. The molecule has 2 aromatic carbocycles. The zero-order valence-corrected chi connectivity index (χ0v) is 16.8. The fourth-order valence-electron chi connectivity index (χ4n) is 4.51. The van der Waals surface area contributed by atoms with E-state index in [0.717, 1.165) is 38.5 Å². The van der Waals surface area contributed by atoms with Gasteiger partial charge in [-0.2, -0.15) is 0 Å². The second-order valence-electron chi connectivity index (χ2n) is 7.84. The highest BCUT2D eigenvalue weighted by Crippen LogP contribution is 2.47. The number of rotatable bonds is 7. The van der Waals surface area contributed by atoms with Crippen molar-refractivity contribution in [2.75, 3.05) is 14.2 Å². The van der Waals surface area contributed by atoms with Gasteiger partial charge in [0.2, 0.25) is 0 Å². The summed E-state index contributed by atoms with van der Waals surface area (Å²) in [5, 5.41) is 0. The summed E-state index contributed by atoms with van der Waals surface area (Å²) in [6.45, 7) is 0. The lowest BCUT2D eigenvalue weighted by Gasteiger charge is -2.34. The van der Waals surface area contributed by atoms with Crippen LogP contribution in [0.5, 0.6) is 0 Å². The van der Waals surface area contributed by atoms with E-state index >= 15 is 0 Å². The lowest BCUT2D eigenvalue weighted by Crippen LogP contribution is -2.37. The van der Waals surface area contributed by atoms with E-state index in [1.807, 2.05) is 12.1 Å². The average Bonchev–Trinajstić information content (AvgIpc) is 3.40. The van der Waals surface area contributed by atoms with Gasteiger partial charge in [0.05, 0.1) is 12.2 Å². The first-order valence-electron chi connectivity index (χ1n) is 10.2. The monoisotopic (exact) mass is 382 g/mol. The van der Waals surface area contributed by atoms with Crippen molar-refractivity contribution in [1.82, 2.24) is 0 Å². The molecule has 2 saturated heterocycles. The number of hydrogen-bond acceptors (Lipinski definition) is 4. The Balaban J connectivity index is 1.40. The van der Waals surface area contributed by atoms with Gasteiger partial charge in [-0.1, -0.05) is 60.7 Å². The van der Waals surface area contributed by atoms with Crippen LogP contribution in [0.4, 0.5) is 0 Å². The molecule has 0 radical (unpaired) electrons. The van der Waals surface area contributed by atoms with Crippen molar-refractivity contribution in [1.29, 1.82) is 0 Å². The molecule has 4 heteroatoms. The fourth-order valence-corrected chi connectivity index (χ4v) is 4.51. The maximum Gasteiger partial charge on any atom is 0.169 e. The third-order valence-corrected chi connectivity index (χ3v) is 6.26. The minimum absolute atomic E-state index is 0.0845. The quantitative estimate of drug-likeness (QED) is 0.629. The van der Waals surface area contributed by atoms with Crippen LogP contribution in [0.2, 0.25) is 0 Å². The van der Waals surface area contributed by atoms with Gasteiger partial charge in [-0.15, -0.1) is 0 Å². The first-order valence-corrected chi connectivity index (χ1v) is 10.2. The molecule has 2 heterocycles. The van der Waals surface area contributed by atoms with Gasteiger partial charge in [0, 0.05) is 39.9 Å². The van der Waals surface area contributed by atoms with E-state index in [0.29, 0.717) is 0 Å². The van der Waals surface area contributed by atoms with E-state index in [9.17, 15) is 0 Å². The summed E-state index contributed by atoms with van der Waals surface area (Å²) >= 11 is 0. The van der Waals surface area contributed by atoms with Crippen LogP contribution in [0.25, 0.3) is 0 Å². The molecule has 4 atom stereocenters. The zero-order valence-electron chi connectivity index (χ0n) is 16.8. The first-order chi connectivity index (χ1) is 13.7. The lowest BCUT2D eigenvalue weighted by atomic mass is 9.98. The maximum atomic E-state index is 6.41. The molecule has 0 N–H and O–H groups in total. The third kappa shape index (κ3) is 4.01. The molecule has 0 spiro atoms. The Morgan fingerprint density at radius 1 is 0.714 bits per heavy atom. The van der Waals surface area contributed by atoms with Crippen LogP contribution in [-0.2, 0) is 18.9 Å². The molecule has 2 aromatic rings. The summed E-state index contributed by atoms with van der Waals surface area (Å²) in [4.78, 5) is 0. The Labute approximate surface area is 167 Å². The van der Waals surface area contributed by atoms with E-state index in [4.69, 9.17) is 18.9 Å². The molecule has 2 fully saturated rings.